The molecule has 11 nitrogen and oxygen atoms in total. The van der Waals surface area contributed by atoms with Gasteiger partial charge in [0.15, 0.2) is 0 Å². The van der Waals surface area contributed by atoms with Crippen molar-refractivity contribution in [3.05, 3.63) is 64.2 Å². The number of carbonyl (C=O) groups is 1. The van der Waals surface area contributed by atoms with E-state index in [-0.39, 0.29) is 5.56 Å². The minimum Gasteiger partial charge on any atom is -0.474 e. The topological polar surface area (TPSA) is 124 Å². The van der Waals surface area contributed by atoms with Gasteiger partial charge in [-0.15, -0.1) is 0 Å². The number of rotatable bonds is 8. The maximum absolute atomic E-state index is 13.3. The van der Waals surface area contributed by atoms with Crippen LogP contribution in [-0.4, -0.2) is 79.9 Å². The molecule has 2 aromatic heterocycles. The van der Waals surface area contributed by atoms with E-state index in [0.717, 1.165) is 49.7 Å². The number of benzene rings is 1. The fourth-order valence-electron chi connectivity index (χ4n) is 5.02. The van der Waals surface area contributed by atoms with E-state index in [9.17, 15) is 9.59 Å². The molecule has 1 atom stereocenters. The Morgan fingerprint density at radius 3 is 2.79 bits per heavy atom. The molecule has 0 unspecified atom stereocenters. The van der Waals surface area contributed by atoms with Crippen molar-refractivity contribution in [1.29, 1.82) is 0 Å². The van der Waals surface area contributed by atoms with Crippen LogP contribution in [0.1, 0.15) is 22.8 Å². The number of aromatic nitrogens is 2. The van der Waals surface area contributed by atoms with Crippen molar-refractivity contribution in [2.24, 2.45) is 0 Å². The Balaban J connectivity index is 1.28. The molecule has 1 amide bonds. The highest BCUT2D eigenvalue weighted by molar-refractivity contribution is 6.08. The first-order valence-corrected chi connectivity index (χ1v) is 13.2. The van der Waals surface area contributed by atoms with Gasteiger partial charge in [-0.3, -0.25) is 14.5 Å². The van der Waals surface area contributed by atoms with Gasteiger partial charge >= 0.3 is 0 Å². The van der Waals surface area contributed by atoms with Crippen molar-refractivity contribution >= 4 is 34.3 Å². The van der Waals surface area contributed by atoms with E-state index in [1.54, 1.807) is 19.4 Å². The zero-order valence-electron chi connectivity index (χ0n) is 22.5. The van der Waals surface area contributed by atoms with Crippen LogP contribution in [0.3, 0.4) is 0 Å². The van der Waals surface area contributed by atoms with Gasteiger partial charge in [0, 0.05) is 69.0 Å². The Labute approximate surface area is 227 Å². The molecule has 3 aromatic rings. The van der Waals surface area contributed by atoms with Crippen LogP contribution in [0.2, 0.25) is 0 Å². The van der Waals surface area contributed by atoms with Crippen LogP contribution >= 0.6 is 0 Å². The number of nitrogens with zero attached hydrogens (tertiary/aromatic N) is 3. The quantitative estimate of drug-likeness (QED) is 0.346. The number of pyridine rings is 2. The highest BCUT2D eigenvalue weighted by atomic mass is 16.5. The second-order valence-electron chi connectivity index (χ2n) is 9.80. The number of piperazine rings is 1. The molecule has 11 heteroatoms. The number of hydrogen-bond donors (Lipinski definition) is 4. The lowest BCUT2D eigenvalue weighted by Crippen LogP contribution is -2.52. The van der Waals surface area contributed by atoms with Crippen LogP contribution in [0.25, 0.3) is 0 Å². The van der Waals surface area contributed by atoms with E-state index >= 15 is 0 Å². The van der Waals surface area contributed by atoms with Crippen molar-refractivity contribution < 1.29 is 14.3 Å². The fraction of sp³-hybridized carbons (Fsp3) is 0.393. The Morgan fingerprint density at radius 2 is 2.03 bits per heavy atom. The van der Waals surface area contributed by atoms with Crippen molar-refractivity contribution in [1.82, 2.24) is 14.9 Å². The second-order valence-corrected chi connectivity index (χ2v) is 9.80. The van der Waals surface area contributed by atoms with Crippen molar-refractivity contribution in [3.63, 3.8) is 0 Å². The first-order valence-electron chi connectivity index (χ1n) is 13.2. The molecule has 1 saturated heterocycles. The Kier molecular flexibility index (Phi) is 7.99. The number of ether oxygens (including phenoxy) is 2. The summed E-state index contributed by atoms with van der Waals surface area (Å²) in [6.45, 7) is 9.87. The van der Waals surface area contributed by atoms with Gasteiger partial charge < -0.3 is 35.3 Å². The van der Waals surface area contributed by atoms with Crippen LogP contribution < -0.4 is 31.1 Å². The molecule has 0 radical (unpaired) electrons. The number of aromatic amines is 1. The van der Waals surface area contributed by atoms with Gasteiger partial charge in [-0.1, -0.05) is 0 Å². The number of amides is 1. The van der Waals surface area contributed by atoms with Gasteiger partial charge in [0.25, 0.3) is 11.5 Å². The molecular weight excluding hydrogens is 498 g/mol. The van der Waals surface area contributed by atoms with Crippen LogP contribution in [-0.2, 0) is 4.74 Å². The van der Waals surface area contributed by atoms with E-state index in [1.165, 1.54) is 6.20 Å². The third-order valence-electron chi connectivity index (χ3n) is 7.24. The van der Waals surface area contributed by atoms with Crippen molar-refractivity contribution in [2.75, 3.05) is 73.9 Å². The lowest BCUT2D eigenvalue weighted by molar-refractivity contribution is 0.102. The van der Waals surface area contributed by atoms with Gasteiger partial charge in [-0.25, -0.2) is 4.98 Å². The van der Waals surface area contributed by atoms with Crippen molar-refractivity contribution in [2.45, 2.75) is 19.9 Å². The molecule has 1 fully saturated rings. The highest BCUT2D eigenvalue weighted by Crippen LogP contribution is 2.34. The fourth-order valence-corrected chi connectivity index (χ4v) is 5.02. The normalized spacial score (nSPS) is 17.1. The molecule has 39 heavy (non-hydrogen) atoms. The summed E-state index contributed by atoms with van der Waals surface area (Å²) in [5, 5.41) is 9.38. The van der Waals surface area contributed by atoms with Gasteiger partial charge in [0.05, 0.1) is 24.2 Å². The molecule has 4 N–H and O–H groups in total. The minimum absolute atomic E-state index is 0.0103. The molecule has 0 aliphatic carbocycles. The average Bonchev–Trinajstić information content (AvgIpc) is 2.94. The highest BCUT2D eigenvalue weighted by Gasteiger charge is 2.24. The van der Waals surface area contributed by atoms with Crippen molar-refractivity contribution in [3.8, 4) is 5.88 Å². The Hall–Kier alpha value is -4.09. The third kappa shape index (κ3) is 5.84. The summed E-state index contributed by atoms with van der Waals surface area (Å²) in [6, 6.07) is 9.81. The summed E-state index contributed by atoms with van der Waals surface area (Å²) in [7, 11) is 1.73. The summed E-state index contributed by atoms with van der Waals surface area (Å²) < 4.78 is 10.8. The maximum Gasteiger partial charge on any atom is 0.263 e. The number of methoxy groups -OCH3 is 1. The third-order valence-corrected chi connectivity index (χ3v) is 7.24. The van der Waals surface area contributed by atoms with Crippen LogP contribution in [0.15, 0.2) is 47.5 Å². The predicted molar refractivity (Wildman–Crippen MR) is 153 cm³/mol. The smallest absolute Gasteiger partial charge is 0.263 e. The van der Waals surface area contributed by atoms with E-state index < -0.39 is 11.5 Å². The number of hydrogen-bond acceptors (Lipinski definition) is 9. The molecule has 1 aromatic carbocycles. The van der Waals surface area contributed by atoms with Crippen LogP contribution in [0.4, 0.5) is 28.4 Å². The zero-order chi connectivity index (χ0) is 27.4. The monoisotopic (exact) mass is 533 g/mol. The summed E-state index contributed by atoms with van der Waals surface area (Å²) >= 11 is 0. The van der Waals surface area contributed by atoms with Gasteiger partial charge in [0.1, 0.15) is 17.9 Å². The average molecular weight is 534 g/mol. The van der Waals surface area contributed by atoms with Gasteiger partial charge in [-0.2, -0.15) is 0 Å². The standard InChI is InChI=1S/C28H35N7O4/c1-18-17-35(12-11-34(18)13-15-38-3)21-6-4-20(5-7-21)32-27(37)24-22(8-9-30-26(24)36)33-23-16-31-28-25(19(23)2)29-10-14-39-28/h4-9,16,18,29H,10-15,17H2,1-3H3,(H,32,37)(H2,30,33,36)/t18-/m1/s1. The number of H-pyrrole nitrogens is 1. The zero-order valence-corrected chi connectivity index (χ0v) is 22.5. The molecule has 0 spiro atoms. The van der Waals surface area contributed by atoms with Gasteiger partial charge in [0.2, 0.25) is 5.88 Å². The second kappa shape index (κ2) is 11.7. The molecule has 2 aliphatic rings. The predicted octanol–water partition coefficient (Wildman–Crippen LogP) is 3.04. The summed E-state index contributed by atoms with van der Waals surface area (Å²) in [5.74, 6) is 0.0385. The van der Waals surface area contributed by atoms with E-state index in [1.807, 2.05) is 31.2 Å². The molecule has 206 valence electrons. The van der Waals surface area contributed by atoms with Gasteiger partial charge in [-0.05, 0) is 44.2 Å². The Bertz CT molecular complexity index is 1380. The maximum atomic E-state index is 13.3. The SMILES string of the molecule is COCCN1CCN(c2ccc(NC(=O)c3c(Nc4cnc5c(c4C)NCCO5)cc[nH]c3=O)cc2)C[C@H]1C. The number of anilines is 5. The summed E-state index contributed by atoms with van der Waals surface area (Å²) in [4.78, 5) is 37.8. The molecule has 2 aliphatic heterocycles. The number of fused-ring (bicyclic) bond motifs is 1. The van der Waals surface area contributed by atoms with E-state index in [0.29, 0.717) is 42.1 Å². The number of carbonyl (C=O) groups excluding carboxylic acids is 1. The van der Waals surface area contributed by atoms with E-state index in [4.69, 9.17) is 9.47 Å². The molecule has 5 rings (SSSR count). The summed E-state index contributed by atoms with van der Waals surface area (Å²) in [6.07, 6.45) is 3.15. The molecule has 4 heterocycles. The molecule has 0 saturated carbocycles. The Morgan fingerprint density at radius 1 is 1.21 bits per heavy atom. The van der Waals surface area contributed by atoms with Crippen LogP contribution in [0.5, 0.6) is 5.88 Å². The number of nitrogens with one attached hydrogen (secondary N) is 4. The van der Waals surface area contributed by atoms with E-state index in [2.05, 4.69) is 42.6 Å². The van der Waals surface area contributed by atoms with Crippen LogP contribution in [0, 0.1) is 6.92 Å². The largest absolute Gasteiger partial charge is 0.474 e. The lowest BCUT2D eigenvalue weighted by Gasteiger charge is -2.41. The molecule has 0 bridgehead atoms. The summed E-state index contributed by atoms with van der Waals surface area (Å²) in [5.41, 5.74) is 3.95. The lowest BCUT2D eigenvalue weighted by atomic mass is 10.1. The first-order chi connectivity index (χ1) is 18.9. The first kappa shape index (κ1) is 26.5. The molecular formula is C28H35N7O4. The minimum atomic E-state index is -0.502.